The summed E-state index contributed by atoms with van der Waals surface area (Å²) in [6, 6.07) is 4.76. The molecule has 34 heavy (non-hydrogen) atoms. The number of ether oxygens (including phenoxy) is 2. The van der Waals surface area contributed by atoms with E-state index in [1.54, 1.807) is 0 Å². The molecule has 7 nitrogen and oxygen atoms in total. The molecule has 2 heterocycles. The maximum Gasteiger partial charge on any atom is 0.417 e. The Hall–Kier alpha value is -3.35. The van der Waals surface area contributed by atoms with Crippen LogP contribution in [-0.2, 0) is 9.53 Å². The molecule has 1 aromatic heterocycles. The van der Waals surface area contributed by atoms with E-state index in [1.807, 2.05) is 0 Å². The van der Waals surface area contributed by atoms with Crippen molar-refractivity contribution >= 4 is 17.5 Å². The van der Waals surface area contributed by atoms with E-state index in [2.05, 4.69) is 15.0 Å². The second kappa shape index (κ2) is 9.12. The van der Waals surface area contributed by atoms with E-state index < -0.39 is 59.7 Å². The largest absolute Gasteiger partial charge is 0.434 e. The van der Waals surface area contributed by atoms with Crippen molar-refractivity contribution in [3.05, 3.63) is 53.6 Å². The number of halogens is 6. The number of amides is 2. The van der Waals surface area contributed by atoms with Crippen molar-refractivity contribution in [3.8, 4) is 5.75 Å². The van der Waals surface area contributed by atoms with Gasteiger partial charge in [0.2, 0.25) is 0 Å². The van der Waals surface area contributed by atoms with Crippen LogP contribution in [0.2, 0.25) is 0 Å². The van der Waals surface area contributed by atoms with Crippen LogP contribution in [0.1, 0.15) is 35.8 Å². The molecule has 3 N–H and O–H groups in total. The molecule has 2 amide bonds. The normalized spacial score (nSPS) is 24.8. The summed E-state index contributed by atoms with van der Waals surface area (Å²) in [5, 5.41) is 2.32. The fourth-order valence-electron chi connectivity index (χ4n) is 3.86. The molecule has 1 saturated heterocycles. The Kier molecular flexibility index (Phi) is 6.78. The number of primary amides is 1. The van der Waals surface area contributed by atoms with Crippen molar-refractivity contribution < 1.29 is 45.4 Å². The number of hydrogen-bond donors (Lipinski definition) is 2. The zero-order valence-electron chi connectivity index (χ0n) is 17.7. The Bertz CT molecular complexity index is 1100. The molecule has 3 rings (SSSR count). The minimum Gasteiger partial charge on any atom is -0.434 e. The number of benzene rings is 1. The molecule has 4 atom stereocenters. The molecule has 0 radical (unpaired) electrons. The standard InChI is InChI=1S/C21H19F6N3O4/c1-9-15(12-4-3-10(22)7-14(12)33-19(23)24)16(34-20(9,2)21(25,26)27)18(32)30-11-5-6-29-13(8-11)17(28)31/h3-9,15-16,19H,1-2H3,(H2,28,31)(H,29,30,32)/t9-,15-,16+,20+/m1/s1. The van der Waals surface area contributed by atoms with Gasteiger partial charge >= 0.3 is 12.8 Å². The number of nitrogens with zero attached hydrogens (tertiary/aromatic N) is 1. The first-order valence-corrected chi connectivity index (χ1v) is 9.80. The monoisotopic (exact) mass is 491 g/mol. The van der Waals surface area contributed by atoms with E-state index in [9.17, 15) is 35.9 Å². The van der Waals surface area contributed by atoms with Crippen molar-refractivity contribution in [2.24, 2.45) is 11.7 Å². The second-order valence-corrected chi connectivity index (χ2v) is 7.80. The van der Waals surface area contributed by atoms with Gasteiger partial charge in [-0.2, -0.15) is 22.0 Å². The molecule has 1 aliphatic heterocycles. The highest BCUT2D eigenvalue weighted by Crippen LogP contribution is 2.54. The van der Waals surface area contributed by atoms with Crippen molar-refractivity contribution in [1.29, 1.82) is 0 Å². The molecule has 1 aliphatic rings. The van der Waals surface area contributed by atoms with Crippen molar-refractivity contribution in [2.75, 3.05) is 5.32 Å². The highest BCUT2D eigenvalue weighted by molar-refractivity contribution is 5.97. The average molecular weight is 491 g/mol. The predicted molar refractivity (Wildman–Crippen MR) is 106 cm³/mol. The maximum absolute atomic E-state index is 13.9. The third-order valence-corrected chi connectivity index (χ3v) is 5.76. The zero-order valence-corrected chi connectivity index (χ0v) is 17.7. The molecule has 0 saturated carbocycles. The lowest BCUT2D eigenvalue weighted by Crippen LogP contribution is -2.47. The SMILES string of the molecule is C[C@@H]1[C@H](c2ccc(F)cc2OC(F)F)[C@@H](C(=O)Nc2ccnc(C(N)=O)c2)O[C@]1(C)C(F)(F)F. The van der Waals surface area contributed by atoms with Crippen LogP contribution in [0.3, 0.4) is 0 Å². The highest BCUT2D eigenvalue weighted by atomic mass is 19.4. The van der Waals surface area contributed by atoms with Crippen molar-refractivity contribution in [2.45, 2.75) is 44.3 Å². The first-order valence-electron chi connectivity index (χ1n) is 9.80. The Balaban J connectivity index is 2.06. The Morgan fingerprint density at radius 2 is 1.91 bits per heavy atom. The lowest BCUT2D eigenvalue weighted by molar-refractivity contribution is -0.272. The lowest BCUT2D eigenvalue weighted by atomic mass is 9.77. The summed E-state index contributed by atoms with van der Waals surface area (Å²) in [6.07, 6.45) is -5.66. The number of aromatic nitrogens is 1. The van der Waals surface area contributed by atoms with Gasteiger partial charge < -0.3 is 20.5 Å². The first kappa shape index (κ1) is 25.3. The van der Waals surface area contributed by atoms with Gasteiger partial charge in [-0.05, 0) is 25.1 Å². The van der Waals surface area contributed by atoms with Crippen LogP contribution in [0.25, 0.3) is 0 Å². The van der Waals surface area contributed by atoms with Crippen LogP contribution < -0.4 is 15.8 Å². The van der Waals surface area contributed by atoms with E-state index in [-0.39, 0.29) is 16.9 Å². The van der Waals surface area contributed by atoms with E-state index >= 15 is 0 Å². The molecule has 0 aliphatic carbocycles. The molecular formula is C21H19F6N3O4. The van der Waals surface area contributed by atoms with E-state index in [0.29, 0.717) is 6.07 Å². The number of nitrogens with one attached hydrogen (secondary N) is 1. The van der Waals surface area contributed by atoms with Crippen LogP contribution in [0.15, 0.2) is 36.5 Å². The number of rotatable bonds is 6. The smallest absolute Gasteiger partial charge is 0.417 e. The second-order valence-electron chi connectivity index (χ2n) is 7.80. The van der Waals surface area contributed by atoms with Gasteiger partial charge in [0, 0.05) is 35.3 Å². The van der Waals surface area contributed by atoms with Gasteiger partial charge in [-0.15, -0.1) is 0 Å². The Labute approximate surface area is 189 Å². The average Bonchev–Trinajstić information content (AvgIpc) is 3.00. The quantitative estimate of drug-likeness (QED) is 0.595. The number of nitrogens with two attached hydrogens (primary N) is 1. The Morgan fingerprint density at radius 3 is 2.50 bits per heavy atom. The number of alkyl halides is 5. The van der Waals surface area contributed by atoms with Gasteiger partial charge in [0.15, 0.2) is 5.60 Å². The third kappa shape index (κ3) is 4.79. The molecule has 0 unspecified atom stereocenters. The third-order valence-electron chi connectivity index (χ3n) is 5.76. The zero-order chi connectivity index (χ0) is 25.4. The summed E-state index contributed by atoms with van der Waals surface area (Å²) in [4.78, 5) is 28.0. The van der Waals surface area contributed by atoms with Gasteiger partial charge in [-0.3, -0.25) is 14.6 Å². The van der Waals surface area contributed by atoms with Gasteiger partial charge in [0.05, 0.1) is 0 Å². The molecule has 0 spiro atoms. The number of anilines is 1. The van der Waals surface area contributed by atoms with E-state index in [4.69, 9.17) is 10.5 Å². The minimum atomic E-state index is -4.95. The summed E-state index contributed by atoms with van der Waals surface area (Å²) in [7, 11) is 0. The van der Waals surface area contributed by atoms with Gasteiger partial charge in [0.1, 0.15) is 23.4 Å². The molecule has 184 valence electrons. The van der Waals surface area contributed by atoms with Crippen LogP contribution in [0.4, 0.5) is 32.0 Å². The summed E-state index contributed by atoms with van der Waals surface area (Å²) in [5.74, 6) is -6.62. The van der Waals surface area contributed by atoms with Crippen LogP contribution >= 0.6 is 0 Å². The number of carbonyl (C=O) groups is 2. The topological polar surface area (TPSA) is 104 Å². The fourth-order valence-corrected chi connectivity index (χ4v) is 3.86. The first-order chi connectivity index (χ1) is 15.7. The summed E-state index contributed by atoms with van der Waals surface area (Å²) in [6.45, 7) is -1.53. The minimum absolute atomic E-state index is 0.0208. The molecule has 1 aromatic carbocycles. The number of hydrogen-bond acceptors (Lipinski definition) is 5. The molecule has 1 fully saturated rings. The van der Waals surface area contributed by atoms with Crippen LogP contribution in [0, 0.1) is 11.7 Å². The van der Waals surface area contributed by atoms with Crippen LogP contribution in [-0.4, -0.2) is 41.3 Å². The van der Waals surface area contributed by atoms with Crippen LogP contribution in [0.5, 0.6) is 5.75 Å². The Morgan fingerprint density at radius 1 is 1.24 bits per heavy atom. The van der Waals surface area contributed by atoms with Crippen molar-refractivity contribution in [1.82, 2.24) is 4.98 Å². The van der Waals surface area contributed by atoms with Gasteiger partial charge in [0.25, 0.3) is 11.8 Å². The fraction of sp³-hybridized carbons (Fsp3) is 0.381. The number of pyridine rings is 1. The van der Waals surface area contributed by atoms with Gasteiger partial charge in [-0.25, -0.2) is 4.39 Å². The summed E-state index contributed by atoms with van der Waals surface area (Å²) < 4.78 is 90.9. The summed E-state index contributed by atoms with van der Waals surface area (Å²) >= 11 is 0. The molecule has 13 heteroatoms. The van der Waals surface area contributed by atoms with Crippen molar-refractivity contribution in [3.63, 3.8) is 0 Å². The molecular weight excluding hydrogens is 472 g/mol. The predicted octanol–water partition coefficient (Wildman–Crippen LogP) is 4.00. The van der Waals surface area contributed by atoms with E-state index in [1.165, 1.54) is 6.07 Å². The lowest BCUT2D eigenvalue weighted by Gasteiger charge is -2.32. The molecule has 2 aromatic rings. The summed E-state index contributed by atoms with van der Waals surface area (Å²) in [5.41, 5.74) is 1.77. The molecule has 0 bridgehead atoms. The maximum atomic E-state index is 13.9. The van der Waals surface area contributed by atoms with Gasteiger partial charge in [-0.1, -0.05) is 13.0 Å². The highest BCUT2D eigenvalue weighted by Gasteiger charge is 2.65. The van der Waals surface area contributed by atoms with E-state index in [0.717, 1.165) is 38.2 Å². The number of carbonyl (C=O) groups excluding carboxylic acids is 2.